The minimum atomic E-state index is 0.328. The lowest BCUT2D eigenvalue weighted by Gasteiger charge is -2.44. The van der Waals surface area contributed by atoms with Crippen molar-refractivity contribution in [2.75, 3.05) is 20.1 Å². The first kappa shape index (κ1) is 12.2. The fourth-order valence-corrected chi connectivity index (χ4v) is 4.12. The molecule has 2 fully saturated rings. The molecule has 3 nitrogen and oxygen atoms in total. The fourth-order valence-electron chi connectivity index (χ4n) is 4.12. The third-order valence-corrected chi connectivity index (χ3v) is 4.91. The van der Waals surface area contributed by atoms with E-state index in [9.17, 15) is 0 Å². The van der Waals surface area contributed by atoms with E-state index in [4.69, 9.17) is 4.42 Å². The van der Waals surface area contributed by atoms with Crippen LogP contribution in [0.1, 0.15) is 50.1 Å². The maximum Gasteiger partial charge on any atom is 0.0951 e. The lowest BCUT2D eigenvalue weighted by molar-refractivity contribution is 0.0794. The number of rotatable bonds is 4. The minimum absolute atomic E-state index is 0.328. The summed E-state index contributed by atoms with van der Waals surface area (Å²) in [6.45, 7) is 2.55. The van der Waals surface area contributed by atoms with E-state index in [-0.39, 0.29) is 0 Å². The summed E-state index contributed by atoms with van der Waals surface area (Å²) in [5, 5.41) is 3.56. The van der Waals surface area contributed by atoms with Crippen LogP contribution in [0.15, 0.2) is 23.0 Å². The molecule has 3 heteroatoms. The summed E-state index contributed by atoms with van der Waals surface area (Å²) in [5.74, 6) is 0. The number of hydrogen-bond acceptors (Lipinski definition) is 3. The first-order chi connectivity index (χ1) is 8.87. The summed E-state index contributed by atoms with van der Waals surface area (Å²) in [5.41, 5.74) is 1.64. The van der Waals surface area contributed by atoms with Gasteiger partial charge in [-0.15, -0.1) is 0 Å². The Bertz CT molecular complexity index is 362. The van der Waals surface area contributed by atoms with Crippen molar-refractivity contribution in [3.05, 3.63) is 24.2 Å². The molecule has 0 amide bonds. The van der Waals surface area contributed by atoms with E-state index in [1.807, 2.05) is 6.26 Å². The van der Waals surface area contributed by atoms with E-state index >= 15 is 0 Å². The van der Waals surface area contributed by atoms with Crippen LogP contribution in [0.5, 0.6) is 0 Å². The van der Waals surface area contributed by atoms with Crippen LogP contribution in [0.4, 0.5) is 0 Å². The first-order valence-corrected chi connectivity index (χ1v) is 7.31. The van der Waals surface area contributed by atoms with Crippen LogP contribution in [0.3, 0.4) is 0 Å². The molecule has 0 bridgehead atoms. The van der Waals surface area contributed by atoms with Gasteiger partial charge in [-0.05, 0) is 51.9 Å². The van der Waals surface area contributed by atoms with Crippen molar-refractivity contribution in [3.63, 3.8) is 0 Å². The molecule has 0 spiro atoms. The van der Waals surface area contributed by atoms with Gasteiger partial charge in [0, 0.05) is 11.1 Å². The van der Waals surface area contributed by atoms with Gasteiger partial charge < -0.3 is 9.73 Å². The Morgan fingerprint density at radius 1 is 1.22 bits per heavy atom. The molecule has 2 heterocycles. The lowest BCUT2D eigenvalue weighted by atomic mass is 9.83. The molecule has 1 aliphatic carbocycles. The van der Waals surface area contributed by atoms with E-state index in [1.165, 1.54) is 57.2 Å². The molecule has 1 saturated carbocycles. The molecular weight excluding hydrogens is 224 g/mol. The first-order valence-electron chi connectivity index (χ1n) is 7.31. The third-order valence-electron chi connectivity index (χ3n) is 4.91. The van der Waals surface area contributed by atoms with Crippen molar-refractivity contribution in [2.24, 2.45) is 0 Å². The third kappa shape index (κ3) is 1.90. The van der Waals surface area contributed by atoms with Gasteiger partial charge in [-0.25, -0.2) is 0 Å². The Balaban J connectivity index is 1.92. The van der Waals surface area contributed by atoms with Gasteiger partial charge in [-0.3, -0.25) is 4.90 Å². The van der Waals surface area contributed by atoms with E-state index in [1.54, 1.807) is 6.26 Å². The van der Waals surface area contributed by atoms with Gasteiger partial charge in [0.1, 0.15) is 0 Å². The standard InChI is InChI=1S/C15H24N2O/c1-16-14(13-6-11-18-12-13)15(7-2-3-8-15)17-9-4-5-10-17/h6,11-12,14,16H,2-5,7-10H2,1H3. The smallest absolute Gasteiger partial charge is 0.0951 e. The van der Waals surface area contributed by atoms with E-state index in [0.29, 0.717) is 11.6 Å². The Kier molecular flexibility index (Phi) is 3.44. The van der Waals surface area contributed by atoms with Gasteiger partial charge in [0.05, 0.1) is 18.6 Å². The second kappa shape index (κ2) is 5.06. The molecule has 1 atom stereocenters. The van der Waals surface area contributed by atoms with Crippen LogP contribution >= 0.6 is 0 Å². The summed E-state index contributed by atoms with van der Waals surface area (Å²) < 4.78 is 5.31. The zero-order chi connectivity index (χ0) is 12.4. The SMILES string of the molecule is CNC(c1ccoc1)C1(N2CCCC2)CCCC1. The number of likely N-dealkylation sites (tertiary alicyclic amines) is 1. The molecule has 0 aromatic carbocycles. The molecule has 1 aromatic rings. The molecule has 1 saturated heterocycles. The maximum atomic E-state index is 5.31. The molecule has 1 aromatic heterocycles. The largest absolute Gasteiger partial charge is 0.472 e. The van der Waals surface area contributed by atoms with Crippen molar-refractivity contribution in [3.8, 4) is 0 Å². The summed E-state index contributed by atoms with van der Waals surface area (Å²) in [4.78, 5) is 2.74. The average Bonchev–Trinajstić information content (AvgIpc) is 3.14. The highest BCUT2D eigenvalue weighted by Crippen LogP contribution is 2.45. The summed E-state index contributed by atoms with van der Waals surface area (Å²) in [7, 11) is 2.09. The molecule has 2 aliphatic rings. The van der Waals surface area contributed by atoms with E-state index < -0.39 is 0 Å². The van der Waals surface area contributed by atoms with Gasteiger partial charge in [0.15, 0.2) is 0 Å². The summed E-state index contributed by atoms with van der Waals surface area (Å²) in [6.07, 6.45) is 11.8. The number of nitrogens with zero attached hydrogens (tertiary/aromatic N) is 1. The summed E-state index contributed by atoms with van der Waals surface area (Å²) in [6, 6.07) is 2.54. The highest BCUT2D eigenvalue weighted by Gasteiger charge is 2.46. The van der Waals surface area contributed by atoms with Crippen LogP contribution in [0.2, 0.25) is 0 Å². The van der Waals surface area contributed by atoms with Crippen molar-refractivity contribution in [2.45, 2.75) is 50.1 Å². The normalized spacial score (nSPS) is 25.6. The van der Waals surface area contributed by atoms with E-state index in [2.05, 4.69) is 23.3 Å². The molecule has 1 unspecified atom stereocenters. The minimum Gasteiger partial charge on any atom is -0.472 e. The average molecular weight is 248 g/mol. The van der Waals surface area contributed by atoms with Crippen molar-refractivity contribution < 1.29 is 4.42 Å². The highest BCUT2D eigenvalue weighted by molar-refractivity contribution is 5.20. The highest BCUT2D eigenvalue weighted by atomic mass is 16.3. The molecule has 3 rings (SSSR count). The molecule has 0 radical (unpaired) electrons. The van der Waals surface area contributed by atoms with Crippen molar-refractivity contribution >= 4 is 0 Å². The Hall–Kier alpha value is -0.800. The Morgan fingerprint density at radius 2 is 1.94 bits per heavy atom. The van der Waals surface area contributed by atoms with Crippen molar-refractivity contribution in [1.29, 1.82) is 0 Å². The van der Waals surface area contributed by atoms with E-state index in [0.717, 1.165) is 0 Å². The molecular formula is C15H24N2O. The van der Waals surface area contributed by atoms with Gasteiger partial charge in [-0.1, -0.05) is 12.8 Å². The zero-order valence-corrected chi connectivity index (χ0v) is 11.3. The topological polar surface area (TPSA) is 28.4 Å². The Labute approximate surface area is 110 Å². The van der Waals surface area contributed by atoms with Crippen molar-refractivity contribution in [1.82, 2.24) is 10.2 Å². The monoisotopic (exact) mass is 248 g/mol. The Morgan fingerprint density at radius 3 is 2.50 bits per heavy atom. The lowest BCUT2D eigenvalue weighted by Crippen LogP contribution is -2.53. The van der Waals surface area contributed by atoms with Gasteiger partial charge in [0.25, 0.3) is 0 Å². The second-order valence-electron chi connectivity index (χ2n) is 5.78. The van der Waals surface area contributed by atoms with Crippen LogP contribution in [0, 0.1) is 0 Å². The number of furan rings is 1. The fraction of sp³-hybridized carbons (Fsp3) is 0.733. The number of nitrogens with one attached hydrogen (secondary N) is 1. The quantitative estimate of drug-likeness (QED) is 0.888. The van der Waals surface area contributed by atoms with Crippen LogP contribution in [-0.4, -0.2) is 30.6 Å². The predicted molar refractivity (Wildman–Crippen MR) is 72.5 cm³/mol. The number of likely N-dealkylation sites (N-methyl/N-ethyl adjacent to an activating group) is 1. The molecule has 1 N–H and O–H groups in total. The molecule has 100 valence electrons. The van der Waals surface area contributed by atoms with Crippen LogP contribution in [-0.2, 0) is 0 Å². The van der Waals surface area contributed by atoms with Gasteiger partial charge >= 0.3 is 0 Å². The molecule has 1 aliphatic heterocycles. The van der Waals surface area contributed by atoms with Gasteiger partial charge in [-0.2, -0.15) is 0 Å². The molecule has 18 heavy (non-hydrogen) atoms. The van der Waals surface area contributed by atoms with Crippen LogP contribution < -0.4 is 5.32 Å². The van der Waals surface area contributed by atoms with Crippen LogP contribution in [0.25, 0.3) is 0 Å². The predicted octanol–water partition coefficient (Wildman–Crippen LogP) is 2.95. The van der Waals surface area contributed by atoms with Gasteiger partial charge in [0.2, 0.25) is 0 Å². The zero-order valence-electron chi connectivity index (χ0n) is 11.3. The number of hydrogen-bond donors (Lipinski definition) is 1. The second-order valence-corrected chi connectivity index (χ2v) is 5.78. The maximum absolute atomic E-state index is 5.31. The summed E-state index contributed by atoms with van der Waals surface area (Å²) >= 11 is 0.